The second kappa shape index (κ2) is 7.32. The van der Waals surface area contributed by atoms with Gasteiger partial charge < -0.3 is 9.47 Å². The van der Waals surface area contributed by atoms with Gasteiger partial charge in [-0.3, -0.25) is 4.79 Å². The molecule has 3 nitrogen and oxygen atoms in total. The predicted octanol–water partition coefficient (Wildman–Crippen LogP) is 3.86. The van der Waals surface area contributed by atoms with Crippen molar-refractivity contribution in [1.29, 1.82) is 0 Å². The van der Waals surface area contributed by atoms with E-state index >= 15 is 0 Å². The van der Waals surface area contributed by atoms with Gasteiger partial charge >= 0.3 is 13.2 Å². The van der Waals surface area contributed by atoms with E-state index in [2.05, 4.69) is 25.4 Å². The molecule has 0 radical (unpaired) electrons. The molecule has 0 aliphatic rings. The molecule has 0 amide bonds. The number of Topliss-reactive ketones (excluding diaryl/α,β-unsaturated/α-hetero) is 1. The van der Waals surface area contributed by atoms with E-state index in [1.54, 1.807) is 0 Å². The Morgan fingerprint density at radius 2 is 1.79 bits per heavy atom. The number of carbonyl (C=O) groups excluding carboxylic acids is 1. The van der Waals surface area contributed by atoms with Gasteiger partial charge in [0.15, 0.2) is 5.78 Å². The molecule has 0 atom stereocenters. The summed E-state index contributed by atoms with van der Waals surface area (Å²) in [6.07, 6.45) is 0.0641. The third kappa shape index (κ3) is 5.06. The van der Waals surface area contributed by atoms with Crippen LogP contribution in [0.15, 0.2) is 18.2 Å². The maximum atomic E-state index is 12.2. The highest BCUT2D eigenvalue weighted by molar-refractivity contribution is 9.09. The van der Waals surface area contributed by atoms with Crippen LogP contribution in [0.3, 0.4) is 0 Å². The smallest absolute Gasteiger partial charge is 0.387 e. The van der Waals surface area contributed by atoms with Crippen LogP contribution in [0.5, 0.6) is 11.5 Å². The van der Waals surface area contributed by atoms with Gasteiger partial charge in [-0.05, 0) is 12.1 Å². The van der Waals surface area contributed by atoms with E-state index in [-0.39, 0.29) is 17.7 Å². The summed E-state index contributed by atoms with van der Waals surface area (Å²) in [5, 5.41) is 0.342. The molecular weight excluding hydrogens is 336 g/mol. The lowest BCUT2D eigenvalue weighted by Gasteiger charge is -2.12. The second-order valence-corrected chi connectivity index (χ2v) is 4.07. The molecule has 0 aliphatic heterocycles. The van der Waals surface area contributed by atoms with E-state index in [1.807, 2.05) is 0 Å². The number of hydrogen-bond acceptors (Lipinski definition) is 3. The molecule has 0 aliphatic carbocycles. The van der Waals surface area contributed by atoms with Crippen LogP contribution in [0, 0.1) is 0 Å². The van der Waals surface area contributed by atoms with Gasteiger partial charge in [0.2, 0.25) is 0 Å². The van der Waals surface area contributed by atoms with Gasteiger partial charge in [0.1, 0.15) is 11.5 Å². The van der Waals surface area contributed by atoms with E-state index in [9.17, 15) is 22.4 Å². The standard InChI is InChI=1S/C11H9BrF4O3/c12-4-3-8(17)7-2-1-6(18-10(13)14)5-9(7)19-11(15)16/h1-2,5,10-11H,3-4H2. The largest absolute Gasteiger partial charge is 0.435 e. The highest BCUT2D eigenvalue weighted by Gasteiger charge is 2.17. The minimum atomic E-state index is -3.17. The van der Waals surface area contributed by atoms with Gasteiger partial charge in [-0.15, -0.1) is 0 Å². The molecule has 0 saturated heterocycles. The summed E-state index contributed by atoms with van der Waals surface area (Å²) in [5.74, 6) is -1.30. The third-order valence-corrected chi connectivity index (χ3v) is 2.41. The fourth-order valence-corrected chi connectivity index (χ4v) is 1.68. The first-order valence-corrected chi connectivity index (χ1v) is 6.19. The minimum absolute atomic E-state index is 0.0641. The Morgan fingerprint density at radius 3 is 2.32 bits per heavy atom. The monoisotopic (exact) mass is 344 g/mol. The van der Waals surface area contributed by atoms with Gasteiger partial charge in [0, 0.05) is 17.8 Å². The molecule has 8 heteroatoms. The van der Waals surface area contributed by atoms with Gasteiger partial charge in [-0.2, -0.15) is 17.6 Å². The number of carbonyl (C=O) groups is 1. The highest BCUT2D eigenvalue weighted by Crippen LogP contribution is 2.28. The van der Waals surface area contributed by atoms with Crippen molar-refractivity contribution in [1.82, 2.24) is 0 Å². The molecule has 106 valence electrons. The summed E-state index contributed by atoms with van der Waals surface area (Å²) in [7, 11) is 0. The third-order valence-electron chi connectivity index (χ3n) is 2.02. The Bertz CT molecular complexity index is 440. The number of alkyl halides is 5. The maximum Gasteiger partial charge on any atom is 0.387 e. The van der Waals surface area contributed by atoms with Crippen molar-refractivity contribution in [3.8, 4) is 11.5 Å². The Hall–Kier alpha value is -1.31. The van der Waals surface area contributed by atoms with Gasteiger partial charge in [-0.25, -0.2) is 0 Å². The van der Waals surface area contributed by atoms with Crippen molar-refractivity contribution >= 4 is 21.7 Å². The molecule has 19 heavy (non-hydrogen) atoms. The number of ketones is 1. The summed E-state index contributed by atoms with van der Waals surface area (Å²) < 4.78 is 56.6. The lowest BCUT2D eigenvalue weighted by atomic mass is 10.1. The first kappa shape index (κ1) is 15.7. The number of ether oxygens (including phenoxy) is 2. The zero-order valence-corrected chi connectivity index (χ0v) is 11.0. The molecule has 0 bridgehead atoms. The highest BCUT2D eigenvalue weighted by atomic mass is 79.9. The average molecular weight is 345 g/mol. The van der Waals surface area contributed by atoms with Crippen LogP contribution < -0.4 is 9.47 Å². The zero-order chi connectivity index (χ0) is 14.4. The molecule has 0 aromatic heterocycles. The number of rotatable bonds is 7. The van der Waals surface area contributed by atoms with E-state index in [0.29, 0.717) is 5.33 Å². The van der Waals surface area contributed by atoms with Gasteiger partial charge in [0.25, 0.3) is 0 Å². The van der Waals surface area contributed by atoms with Crippen LogP contribution in [-0.2, 0) is 0 Å². The maximum absolute atomic E-state index is 12.2. The van der Waals surface area contributed by atoms with Crippen molar-refractivity contribution in [3.05, 3.63) is 23.8 Å². The topological polar surface area (TPSA) is 35.5 Å². The van der Waals surface area contributed by atoms with E-state index in [4.69, 9.17) is 0 Å². The van der Waals surface area contributed by atoms with Crippen LogP contribution >= 0.6 is 15.9 Å². The number of halogens is 5. The molecule has 0 heterocycles. The predicted molar refractivity (Wildman–Crippen MR) is 62.4 cm³/mol. The molecule has 1 aromatic carbocycles. The number of benzene rings is 1. The van der Waals surface area contributed by atoms with E-state index in [1.165, 1.54) is 0 Å². The molecule has 1 aromatic rings. The normalized spacial score (nSPS) is 10.9. The molecule has 0 unspecified atom stereocenters. The van der Waals surface area contributed by atoms with Crippen molar-refractivity contribution in [3.63, 3.8) is 0 Å². The van der Waals surface area contributed by atoms with Crippen LogP contribution in [0.1, 0.15) is 16.8 Å². The Morgan fingerprint density at radius 1 is 1.16 bits per heavy atom. The van der Waals surface area contributed by atoms with Gasteiger partial charge in [-0.1, -0.05) is 15.9 Å². The van der Waals surface area contributed by atoms with Crippen molar-refractivity contribution in [2.75, 3.05) is 5.33 Å². The lowest BCUT2D eigenvalue weighted by molar-refractivity contribution is -0.0544. The van der Waals surface area contributed by atoms with Gasteiger partial charge in [0.05, 0.1) is 5.56 Å². The fraction of sp³-hybridized carbons (Fsp3) is 0.364. The van der Waals surface area contributed by atoms with Crippen LogP contribution in [0.25, 0.3) is 0 Å². The molecular formula is C11H9BrF4O3. The summed E-state index contributed by atoms with van der Waals surface area (Å²) in [5.41, 5.74) is -0.110. The van der Waals surface area contributed by atoms with Crippen molar-refractivity contribution < 1.29 is 31.8 Å². The van der Waals surface area contributed by atoms with Crippen LogP contribution in [-0.4, -0.2) is 24.3 Å². The summed E-state index contributed by atoms with van der Waals surface area (Å²) in [4.78, 5) is 11.6. The average Bonchev–Trinajstić information content (AvgIpc) is 2.27. The quantitative estimate of drug-likeness (QED) is 0.428. The van der Waals surface area contributed by atoms with Crippen LogP contribution in [0.4, 0.5) is 17.6 Å². The summed E-state index contributed by atoms with van der Waals surface area (Å²) >= 11 is 3.04. The first-order valence-electron chi connectivity index (χ1n) is 5.07. The first-order chi connectivity index (χ1) is 8.93. The fourth-order valence-electron chi connectivity index (χ4n) is 1.32. The van der Waals surface area contributed by atoms with Crippen molar-refractivity contribution in [2.45, 2.75) is 19.6 Å². The zero-order valence-electron chi connectivity index (χ0n) is 9.42. The van der Waals surface area contributed by atoms with Crippen molar-refractivity contribution in [2.24, 2.45) is 0 Å². The summed E-state index contributed by atoms with van der Waals surface area (Å²) in [6.45, 7) is -6.26. The Balaban J connectivity index is 3.05. The van der Waals surface area contributed by atoms with E-state index in [0.717, 1.165) is 18.2 Å². The molecule has 0 N–H and O–H groups in total. The van der Waals surface area contributed by atoms with Crippen LogP contribution in [0.2, 0.25) is 0 Å². The van der Waals surface area contributed by atoms with E-state index < -0.39 is 24.8 Å². The number of hydrogen-bond donors (Lipinski definition) is 0. The molecule has 0 spiro atoms. The molecule has 0 fully saturated rings. The Kier molecular flexibility index (Phi) is 6.07. The SMILES string of the molecule is O=C(CCBr)c1ccc(OC(F)F)cc1OC(F)F. The second-order valence-electron chi connectivity index (χ2n) is 3.28. The minimum Gasteiger partial charge on any atom is -0.435 e. The summed E-state index contributed by atoms with van der Waals surface area (Å²) in [6, 6.07) is 3.03. The lowest BCUT2D eigenvalue weighted by Crippen LogP contribution is -2.09. The molecule has 1 rings (SSSR count). The molecule has 0 saturated carbocycles. The Labute approximate surface area is 114 Å².